The van der Waals surface area contributed by atoms with E-state index in [0.29, 0.717) is 6.07 Å². The molecule has 1 saturated carbocycles. The van der Waals surface area contributed by atoms with E-state index in [1.54, 1.807) is 0 Å². The fourth-order valence-electron chi connectivity index (χ4n) is 3.95. The number of rotatable bonds is 8. The number of carbonyl (C=O) groups excluding carboxylic acids is 1. The monoisotopic (exact) mass is 561 g/mol. The second-order valence-corrected chi connectivity index (χ2v) is 8.73. The zero-order chi connectivity index (χ0) is 28.8. The minimum Gasteiger partial charge on any atom is -0.409 e. The van der Waals surface area contributed by atoms with Gasteiger partial charge in [-0.3, -0.25) is 9.89 Å². The summed E-state index contributed by atoms with van der Waals surface area (Å²) in [5.41, 5.74) is 1.06. The van der Waals surface area contributed by atoms with E-state index in [1.165, 1.54) is 12.1 Å². The molecule has 1 aliphatic carbocycles. The third-order valence-corrected chi connectivity index (χ3v) is 6.00. The molecule has 1 fully saturated rings. The summed E-state index contributed by atoms with van der Waals surface area (Å²) in [5, 5.41) is 0. The Labute approximate surface area is 219 Å². The standard InChI is InChI=1S/C26H26F7N3O3/c1-36(19-8-6-18(27)7-9-19)24(37)39-23-21(12-17(25(28,29)30)13-22(23)26(31,32)33)16(14-34)15-35-10-11-38-20-4-2-3-5-20/h6-9,12-15,20H,2-5,10-11,34H2,1H3. The lowest BCUT2D eigenvalue weighted by Gasteiger charge is -2.22. The molecule has 3 rings (SSSR count). The molecule has 0 heterocycles. The van der Waals surface area contributed by atoms with Gasteiger partial charge in [-0.25, -0.2) is 9.18 Å². The van der Waals surface area contributed by atoms with Crippen molar-refractivity contribution >= 4 is 23.6 Å². The van der Waals surface area contributed by atoms with Gasteiger partial charge in [0.2, 0.25) is 0 Å². The normalized spacial score (nSPS) is 15.2. The van der Waals surface area contributed by atoms with E-state index < -0.39 is 46.7 Å². The van der Waals surface area contributed by atoms with Gasteiger partial charge in [0.1, 0.15) is 5.82 Å². The summed E-state index contributed by atoms with van der Waals surface area (Å²) in [7, 11) is 1.14. The van der Waals surface area contributed by atoms with Crippen molar-refractivity contribution in [2.45, 2.75) is 44.1 Å². The van der Waals surface area contributed by atoms with Crippen LogP contribution in [-0.2, 0) is 17.1 Å². The third-order valence-electron chi connectivity index (χ3n) is 6.00. The van der Waals surface area contributed by atoms with E-state index in [-0.39, 0.29) is 36.6 Å². The van der Waals surface area contributed by atoms with Crippen molar-refractivity contribution < 1.29 is 45.0 Å². The molecule has 0 bridgehead atoms. The summed E-state index contributed by atoms with van der Waals surface area (Å²) >= 11 is 0. The van der Waals surface area contributed by atoms with Crippen LogP contribution < -0.4 is 15.4 Å². The molecule has 0 aliphatic heterocycles. The van der Waals surface area contributed by atoms with Gasteiger partial charge in [0, 0.05) is 36.3 Å². The number of ether oxygens (including phenoxy) is 2. The first-order valence-corrected chi connectivity index (χ1v) is 11.9. The number of nitrogens with two attached hydrogens (primary N) is 1. The largest absolute Gasteiger partial charge is 0.420 e. The van der Waals surface area contributed by atoms with E-state index in [0.717, 1.165) is 62.2 Å². The smallest absolute Gasteiger partial charge is 0.409 e. The zero-order valence-electron chi connectivity index (χ0n) is 20.8. The summed E-state index contributed by atoms with van der Waals surface area (Å²) in [4.78, 5) is 17.6. The highest BCUT2D eigenvalue weighted by Gasteiger charge is 2.41. The molecule has 6 nitrogen and oxygen atoms in total. The SMILES string of the molecule is CN(C(=O)Oc1c(C(C=NCCOC2CCCC2)=CN)cc(C(F)(F)F)cc1C(F)(F)F)c1ccc(F)cc1. The van der Waals surface area contributed by atoms with Crippen LogP contribution in [0.15, 0.2) is 47.6 Å². The number of anilines is 1. The summed E-state index contributed by atoms with van der Waals surface area (Å²) in [5.74, 6) is -1.82. The van der Waals surface area contributed by atoms with Gasteiger partial charge >= 0.3 is 18.4 Å². The highest BCUT2D eigenvalue weighted by atomic mass is 19.4. The lowest BCUT2D eigenvalue weighted by Crippen LogP contribution is -2.30. The van der Waals surface area contributed by atoms with Crippen LogP contribution in [0.25, 0.3) is 5.57 Å². The predicted molar refractivity (Wildman–Crippen MR) is 131 cm³/mol. The second kappa shape index (κ2) is 12.5. The number of aliphatic imine (C=N–C) groups is 1. The number of hydrogen-bond acceptors (Lipinski definition) is 5. The minimum atomic E-state index is -5.34. The molecule has 0 spiro atoms. The van der Waals surface area contributed by atoms with E-state index in [4.69, 9.17) is 15.2 Å². The number of hydrogen-bond donors (Lipinski definition) is 1. The Kier molecular flexibility index (Phi) is 9.59. The van der Waals surface area contributed by atoms with Crippen molar-refractivity contribution in [1.82, 2.24) is 0 Å². The van der Waals surface area contributed by atoms with Gasteiger partial charge in [-0.2, -0.15) is 26.3 Å². The molecule has 2 aromatic carbocycles. The molecule has 39 heavy (non-hydrogen) atoms. The molecule has 0 aromatic heterocycles. The molecule has 0 radical (unpaired) electrons. The Morgan fingerprint density at radius 3 is 2.28 bits per heavy atom. The highest BCUT2D eigenvalue weighted by Crippen LogP contribution is 2.44. The molecule has 0 saturated heterocycles. The van der Waals surface area contributed by atoms with Gasteiger partial charge in [0.15, 0.2) is 5.75 Å². The number of carbonyl (C=O) groups is 1. The molecule has 2 N–H and O–H groups in total. The molecule has 13 heteroatoms. The van der Waals surface area contributed by atoms with Crippen molar-refractivity contribution in [3.63, 3.8) is 0 Å². The van der Waals surface area contributed by atoms with Crippen LogP contribution in [0.4, 0.5) is 41.2 Å². The van der Waals surface area contributed by atoms with Crippen LogP contribution in [0.1, 0.15) is 42.4 Å². The number of benzene rings is 2. The highest BCUT2D eigenvalue weighted by molar-refractivity contribution is 6.11. The second-order valence-electron chi connectivity index (χ2n) is 8.73. The van der Waals surface area contributed by atoms with Crippen molar-refractivity contribution in [3.05, 3.63) is 65.1 Å². The van der Waals surface area contributed by atoms with Crippen molar-refractivity contribution in [3.8, 4) is 5.75 Å². The predicted octanol–water partition coefficient (Wildman–Crippen LogP) is 6.83. The van der Waals surface area contributed by atoms with Gasteiger partial charge in [0.05, 0.1) is 30.4 Å². The lowest BCUT2D eigenvalue weighted by molar-refractivity contribution is -0.143. The maximum absolute atomic E-state index is 14.0. The number of halogens is 7. The fraction of sp³-hybridized carbons (Fsp3) is 0.385. The zero-order valence-corrected chi connectivity index (χ0v) is 20.8. The maximum atomic E-state index is 14.0. The van der Waals surface area contributed by atoms with E-state index in [2.05, 4.69) is 4.99 Å². The summed E-state index contributed by atoms with van der Waals surface area (Å²) in [6.07, 6.45) is -6.12. The molecule has 212 valence electrons. The van der Waals surface area contributed by atoms with E-state index in [9.17, 15) is 35.5 Å². The molecule has 0 unspecified atom stereocenters. The Morgan fingerprint density at radius 2 is 1.72 bits per heavy atom. The van der Waals surface area contributed by atoms with Gasteiger partial charge in [-0.1, -0.05) is 12.8 Å². The molecule has 0 atom stereocenters. The number of allylic oxidation sites excluding steroid dienone is 1. The molecule has 2 aromatic rings. The fourth-order valence-corrected chi connectivity index (χ4v) is 3.95. The van der Waals surface area contributed by atoms with Gasteiger partial charge in [-0.15, -0.1) is 0 Å². The number of alkyl halides is 6. The summed E-state index contributed by atoms with van der Waals surface area (Å²) in [6, 6.07) is 4.60. The van der Waals surface area contributed by atoms with E-state index >= 15 is 0 Å². The van der Waals surface area contributed by atoms with Crippen molar-refractivity contribution in [2.75, 3.05) is 25.1 Å². The molecule has 1 amide bonds. The molecular formula is C26H26F7N3O3. The van der Waals surface area contributed by atoms with Crippen LogP contribution >= 0.6 is 0 Å². The van der Waals surface area contributed by atoms with Gasteiger partial charge in [0.25, 0.3) is 0 Å². The first kappa shape index (κ1) is 29.9. The average Bonchev–Trinajstić information content (AvgIpc) is 3.39. The molecule has 1 aliphatic rings. The maximum Gasteiger partial charge on any atom is 0.420 e. The van der Waals surface area contributed by atoms with Crippen LogP contribution in [0.3, 0.4) is 0 Å². The van der Waals surface area contributed by atoms with Crippen LogP contribution in [0, 0.1) is 5.82 Å². The van der Waals surface area contributed by atoms with Gasteiger partial charge < -0.3 is 15.2 Å². The van der Waals surface area contributed by atoms with Gasteiger partial charge in [-0.05, 0) is 49.2 Å². The minimum absolute atomic E-state index is 0.0573. The van der Waals surface area contributed by atoms with Crippen molar-refractivity contribution in [1.29, 1.82) is 0 Å². The third kappa shape index (κ3) is 7.94. The van der Waals surface area contributed by atoms with Crippen LogP contribution in [0.2, 0.25) is 0 Å². The Balaban J connectivity index is 1.98. The Hall–Kier alpha value is -3.61. The Morgan fingerprint density at radius 1 is 1.08 bits per heavy atom. The summed E-state index contributed by atoms with van der Waals surface area (Å²) in [6.45, 7) is 0.265. The van der Waals surface area contributed by atoms with Crippen LogP contribution in [0.5, 0.6) is 5.75 Å². The Bertz CT molecular complexity index is 1200. The molecular weight excluding hydrogens is 535 g/mol. The average molecular weight is 561 g/mol. The number of amides is 1. The number of nitrogens with zero attached hydrogens (tertiary/aromatic N) is 2. The first-order chi connectivity index (χ1) is 18.3. The first-order valence-electron chi connectivity index (χ1n) is 11.9. The lowest BCUT2D eigenvalue weighted by atomic mass is 9.98. The van der Waals surface area contributed by atoms with Crippen LogP contribution in [-0.4, -0.2) is 38.6 Å². The summed E-state index contributed by atoms with van der Waals surface area (Å²) < 4.78 is 106. The van der Waals surface area contributed by atoms with Crippen molar-refractivity contribution in [2.24, 2.45) is 10.7 Å². The van der Waals surface area contributed by atoms with E-state index in [1.807, 2.05) is 0 Å². The quantitative estimate of drug-likeness (QED) is 0.218. The topological polar surface area (TPSA) is 77.2 Å².